The Morgan fingerprint density at radius 2 is 2.06 bits per heavy atom. The zero-order valence-electron chi connectivity index (χ0n) is 9.63. The summed E-state index contributed by atoms with van der Waals surface area (Å²) < 4.78 is 58.1. The first-order valence-electron chi connectivity index (χ1n) is 5.41. The Morgan fingerprint density at radius 3 is 2.59 bits per heavy atom. The number of alkyl halides is 3. The number of hydrogen-bond acceptors (Lipinski definition) is 4. The topological polar surface area (TPSA) is 49.4 Å². The SMILES string of the molecule is CC1CS(=O)(=O)CCN1CCNCC(F)(F)F. The second-order valence-corrected chi connectivity index (χ2v) is 6.52. The minimum atomic E-state index is -4.20. The van der Waals surface area contributed by atoms with Crippen molar-refractivity contribution in [1.29, 1.82) is 0 Å². The molecule has 0 aromatic heterocycles. The van der Waals surface area contributed by atoms with E-state index in [1.165, 1.54) is 0 Å². The third kappa shape index (κ3) is 5.69. The van der Waals surface area contributed by atoms with Crippen molar-refractivity contribution in [3.8, 4) is 0 Å². The fraction of sp³-hybridized carbons (Fsp3) is 1.00. The first-order valence-corrected chi connectivity index (χ1v) is 7.24. The Balaban J connectivity index is 2.25. The van der Waals surface area contributed by atoms with Crippen LogP contribution in [-0.2, 0) is 9.84 Å². The summed E-state index contributed by atoms with van der Waals surface area (Å²) in [4.78, 5) is 1.89. The van der Waals surface area contributed by atoms with E-state index < -0.39 is 22.6 Å². The van der Waals surface area contributed by atoms with E-state index in [0.717, 1.165) is 0 Å². The van der Waals surface area contributed by atoms with Crippen LogP contribution in [0.4, 0.5) is 13.2 Å². The lowest BCUT2D eigenvalue weighted by atomic mass is 10.3. The molecule has 1 rings (SSSR count). The van der Waals surface area contributed by atoms with Gasteiger partial charge < -0.3 is 5.32 Å². The van der Waals surface area contributed by atoms with E-state index >= 15 is 0 Å². The molecule has 8 heteroatoms. The van der Waals surface area contributed by atoms with Crippen LogP contribution < -0.4 is 5.32 Å². The Bertz CT molecular complexity index is 343. The predicted molar refractivity (Wildman–Crippen MR) is 58.6 cm³/mol. The van der Waals surface area contributed by atoms with Gasteiger partial charge in [0.15, 0.2) is 9.84 Å². The van der Waals surface area contributed by atoms with Crippen molar-refractivity contribution < 1.29 is 21.6 Å². The molecule has 1 aliphatic heterocycles. The highest BCUT2D eigenvalue weighted by atomic mass is 32.2. The molecule has 0 saturated carbocycles. The summed E-state index contributed by atoms with van der Waals surface area (Å²) >= 11 is 0. The van der Waals surface area contributed by atoms with Crippen LogP contribution in [0.15, 0.2) is 0 Å². The van der Waals surface area contributed by atoms with E-state index in [4.69, 9.17) is 0 Å². The molecule has 1 atom stereocenters. The molecular weight excluding hydrogens is 257 g/mol. The highest BCUT2D eigenvalue weighted by Gasteiger charge is 2.29. The van der Waals surface area contributed by atoms with E-state index in [9.17, 15) is 21.6 Å². The average molecular weight is 274 g/mol. The Labute approximate surface area is 99.1 Å². The summed E-state index contributed by atoms with van der Waals surface area (Å²) in [5, 5.41) is 2.30. The molecule has 4 nitrogen and oxygen atoms in total. The van der Waals surface area contributed by atoms with Crippen LogP contribution in [0.5, 0.6) is 0 Å². The summed E-state index contributed by atoms with van der Waals surface area (Å²) in [6, 6.07) is -0.124. The van der Waals surface area contributed by atoms with Gasteiger partial charge in [-0.15, -0.1) is 0 Å². The van der Waals surface area contributed by atoms with Crippen LogP contribution in [0, 0.1) is 0 Å². The molecule has 1 unspecified atom stereocenters. The quantitative estimate of drug-likeness (QED) is 0.747. The Morgan fingerprint density at radius 1 is 1.41 bits per heavy atom. The van der Waals surface area contributed by atoms with Gasteiger partial charge in [-0.3, -0.25) is 4.90 Å². The van der Waals surface area contributed by atoms with E-state index in [-0.39, 0.29) is 24.1 Å². The molecule has 1 N–H and O–H groups in total. The lowest BCUT2D eigenvalue weighted by Gasteiger charge is -2.33. The van der Waals surface area contributed by atoms with Crippen molar-refractivity contribution in [3.05, 3.63) is 0 Å². The molecule has 102 valence electrons. The maximum atomic E-state index is 11.8. The van der Waals surface area contributed by atoms with Gasteiger partial charge in [0.2, 0.25) is 0 Å². The summed E-state index contributed by atoms with van der Waals surface area (Å²) in [5.74, 6) is 0.183. The monoisotopic (exact) mass is 274 g/mol. The highest BCUT2D eigenvalue weighted by Crippen LogP contribution is 2.13. The zero-order chi connectivity index (χ0) is 13.1. The summed E-state index contributed by atoms with van der Waals surface area (Å²) in [6.07, 6.45) is -4.20. The molecule has 1 aliphatic rings. The van der Waals surface area contributed by atoms with Gasteiger partial charge >= 0.3 is 6.18 Å². The van der Waals surface area contributed by atoms with E-state index in [0.29, 0.717) is 13.1 Å². The van der Waals surface area contributed by atoms with Crippen molar-refractivity contribution in [3.63, 3.8) is 0 Å². The second kappa shape index (κ2) is 5.53. The maximum Gasteiger partial charge on any atom is 0.401 e. The minimum Gasteiger partial charge on any atom is -0.307 e. The van der Waals surface area contributed by atoms with Gasteiger partial charge in [-0.2, -0.15) is 13.2 Å². The van der Waals surface area contributed by atoms with Crippen LogP contribution in [0.3, 0.4) is 0 Å². The molecule has 1 saturated heterocycles. The maximum absolute atomic E-state index is 11.8. The fourth-order valence-electron chi connectivity index (χ4n) is 1.82. The number of hydrogen-bond donors (Lipinski definition) is 1. The van der Waals surface area contributed by atoms with Crippen LogP contribution >= 0.6 is 0 Å². The molecule has 1 heterocycles. The largest absolute Gasteiger partial charge is 0.401 e. The van der Waals surface area contributed by atoms with Crippen molar-refractivity contribution >= 4 is 9.84 Å². The highest BCUT2D eigenvalue weighted by molar-refractivity contribution is 7.91. The summed E-state index contributed by atoms with van der Waals surface area (Å²) in [7, 11) is -2.96. The number of rotatable bonds is 4. The molecule has 0 aliphatic carbocycles. The molecule has 0 aromatic carbocycles. The predicted octanol–water partition coefficient (Wildman–Crippen LogP) is 0.257. The number of nitrogens with zero attached hydrogens (tertiary/aromatic N) is 1. The molecule has 17 heavy (non-hydrogen) atoms. The van der Waals surface area contributed by atoms with E-state index in [2.05, 4.69) is 5.32 Å². The molecule has 1 fully saturated rings. The fourth-order valence-corrected chi connectivity index (χ4v) is 3.44. The Hall–Kier alpha value is -0.340. The average Bonchev–Trinajstić information content (AvgIpc) is 2.12. The summed E-state index contributed by atoms with van der Waals surface area (Å²) in [6.45, 7) is 1.82. The lowest BCUT2D eigenvalue weighted by Crippen LogP contribution is -2.49. The third-order valence-electron chi connectivity index (χ3n) is 2.71. The first kappa shape index (κ1) is 14.7. The van der Waals surface area contributed by atoms with Crippen LogP contribution in [0.1, 0.15) is 6.92 Å². The van der Waals surface area contributed by atoms with Crippen molar-refractivity contribution in [1.82, 2.24) is 10.2 Å². The van der Waals surface area contributed by atoms with Gasteiger partial charge in [0.1, 0.15) is 0 Å². The van der Waals surface area contributed by atoms with E-state index in [1.54, 1.807) is 6.92 Å². The first-order chi connectivity index (χ1) is 7.70. The number of nitrogens with one attached hydrogen (secondary N) is 1. The molecule has 0 spiro atoms. The van der Waals surface area contributed by atoms with Gasteiger partial charge in [0.05, 0.1) is 18.1 Å². The molecule has 0 radical (unpaired) electrons. The van der Waals surface area contributed by atoms with Gasteiger partial charge in [0.25, 0.3) is 0 Å². The van der Waals surface area contributed by atoms with Crippen molar-refractivity contribution in [2.45, 2.75) is 19.1 Å². The molecule has 0 aromatic rings. The lowest BCUT2D eigenvalue weighted by molar-refractivity contribution is -0.124. The van der Waals surface area contributed by atoms with Gasteiger partial charge in [-0.25, -0.2) is 8.42 Å². The standard InChI is InChI=1S/C9H17F3N2O2S/c1-8-6-17(15,16)5-4-14(8)3-2-13-7-9(10,11)12/h8,13H,2-7H2,1H3. The van der Waals surface area contributed by atoms with Crippen molar-refractivity contribution in [2.24, 2.45) is 0 Å². The van der Waals surface area contributed by atoms with Crippen molar-refractivity contribution in [2.75, 3.05) is 37.7 Å². The number of sulfone groups is 1. The van der Waals surface area contributed by atoms with Gasteiger partial charge in [-0.05, 0) is 6.92 Å². The van der Waals surface area contributed by atoms with Gasteiger partial charge in [0, 0.05) is 25.7 Å². The molecule has 0 amide bonds. The second-order valence-electron chi connectivity index (χ2n) is 4.29. The van der Waals surface area contributed by atoms with Crippen LogP contribution in [0.2, 0.25) is 0 Å². The third-order valence-corrected chi connectivity index (χ3v) is 4.50. The van der Waals surface area contributed by atoms with Gasteiger partial charge in [-0.1, -0.05) is 0 Å². The summed E-state index contributed by atoms with van der Waals surface area (Å²) in [5.41, 5.74) is 0. The van der Waals surface area contributed by atoms with E-state index in [1.807, 2.05) is 4.90 Å². The minimum absolute atomic E-state index is 0.0896. The smallest absolute Gasteiger partial charge is 0.307 e. The van der Waals surface area contributed by atoms with Crippen LogP contribution in [-0.4, -0.2) is 63.2 Å². The molecular formula is C9H17F3N2O2S. The number of halogens is 3. The zero-order valence-corrected chi connectivity index (χ0v) is 10.4. The molecule has 0 bridgehead atoms. The Kier molecular flexibility index (Phi) is 4.79. The normalized spacial score (nSPS) is 26.0. The van der Waals surface area contributed by atoms with Crippen LogP contribution in [0.25, 0.3) is 0 Å².